The first-order valence-corrected chi connectivity index (χ1v) is 16.1. The molecule has 6 nitrogen and oxygen atoms in total. The van der Waals surface area contributed by atoms with Crippen molar-refractivity contribution >= 4 is 40.0 Å². The molecule has 0 saturated heterocycles. The number of carbonyl (C=O) groups excluding carboxylic acids is 1. The van der Waals surface area contributed by atoms with Crippen molar-refractivity contribution in [1.29, 1.82) is 0 Å². The van der Waals surface area contributed by atoms with Crippen LogP contribution in [0.4, 0.5) is 0 Å². The number of hydrogen-bond donors (Lipinski definition) is 2. The number of aromatic amines is 1. The zero-order valence-corrected chi connectivity index (χ0v) is 26.0. The van der Waals surface area contributed by atoms with Crippen molar-refractivity contribution < 1.29 is 9.53 Å². The van der Waals surface area contributed by atoms with Crippen LogP contribution in [0, 0.1) is 0 Å². The van der Waals surface area contributed by atoms with E-state index in [4.69, 9.17) is 33.0 Å². The predicted molar refractivity (Wildman–Crippen MR) is 174 cm³/mol. The Bertz CT molecular complexity index is 1620. The van der Waals surface area contributed by atoms with Gasteiger partial charge in [0.1, 0.15) is 0 Å². The summed E-state index contributed by atoms with van der Waals surface area (Å²) in [5, 5.41) is 10.5. The third-order valence-corrected chi connectivity index (χ3v) is 9.50. The third-order valence-electron chi connectivity index (χ3n) is 8.87. The van der Waals surface area contributed by atoms with Gasteiger partial charge in [0.05, 0.1) is 42.8 Å². The number of fused-ring (bicyclic) bond motifs is 1. The van der Waals surface area contributed by atoms with E-state index in [0.29, 0.717) is 41.2 Å². The van der Waals surface area contributed by atoms with Gasteiger partial charge in [-0.1, -0.05) is 79.0 Å². The van der Waals surface area contributed by atoms with Gasteiger partial charge in [0.15, 0.2) is 0 Å². The SMILES string of the molecule is CC[C@H](COCc1ccccc1)NC(=O)c1cnn(C2CC=C(Cl)C=C2Cl)c1C1CCCC(c2ccc3[nH]ccc3c2)C1. The number of nitrogens with one attached hydrogen (secondary N) is 2. The van der Waals surface area contributed by atoms with Crippen LogP contribution in [0.15, 0.2) is 89.2 Å². The van der Waals surface area contributed by atoms with E-state index in [9.17, 15) is 4.79 Å². The molecule has 4 aromatic rings. The number of H-pyrrole nitrogens is 1. The minimum atomic E-state index is -0.187. The molecule has 1 fully saturated rings. The van der Waals surface area contributed by atoms with Gasteiger partial charge in [0.25, 0.3) is 5.91 Å². The van der Waals surface area contributed by atoms with Crippen LogP contribution in [0.2, 0.25) is 0 Å². The van der Waals surface area contributed by atoms with Crippen molar-refractivity contribution in [2.24, 2.45) is 0 Å². The maximum absolute atomic E-state index is 13.9. The molecule has 2 aromatic heterocycles. The average molecular weight is 618 g/mol. The summed E-state index contributed by atoms with van der Waals surface area (Å²) in [6, 6.07) is 18.6. The summed E-state index contributed by atoms with van der Waals surface area (Å²) < 4.78 is 7.98. The number of halogens is 2. The van der Waals surface area contributed by atoms with Gasteiger partial charge in [-0.25, -0.2) is 0 Å². The van der Waals surface area contributed by atoms with Crippen molar-refractivity contribution in [3.63, 3.8) is 0 Å². The van der Waals surface area contributed by atoms with Crippen molar-refractivity contribution in [2.45, 2.75) is 76.0 Å². The van der Waals surface area contributed by atoms with Gasteiger partial charge in [-0.15, -0.1) is 0 Å². The average Bonchev–Trinajstić information content (AvgIpc) is 3.68. The fourth-order valence-electron chi connectivity index (χ4n) is 6.53. The van der Waals surface area contributed by atoms with Crippen molar-refractivity contribution in [3.8, 4) is 0 Å². The van der Waals surface area contributed by atoms with Gasteiger partial charge in [0, 0.05) is 27.7 Å². The molecule has 8 heteroatoms. The van der Waals surface area contributed by atoms with Crippen molar-refractivity contribution in [2.75, 3.05) is 6.61 Å². The molecule has 3 unspecified atom stereocenters. The second kappa shape index (κ2) is 13.5. The van der Waals surface area contributed by atoms with Gasteiger partial charge < -0.3 is 15.0 Å². The summed E-state index contributed by atoms with van der Waals surface area (Å²) in [6.07, 6.45) is 13.0. The molecule has 2 heterocycles. The minimum Gasteiger partial charge on any atom is -0.375 e. The smallest absolute Gasteiger partial charge is 0.255 e. The van der Waals surface area contributed by atoms with Crippen LogP contribution in [0.5, 0.6) is 0 Å². The van der Waals surface area contributed by atoms with Crippen LogP contribution < -0.4 is 5.32 Å². The highest BCUT2D eigenvalue weighted by atomic mass is 35.5. The number of hydrogen-bond acceptors (Lipinski definition) is 3. The first kappa shape index (κ1) is 29.7. The summed E-state index contributed by atoms with van der Waals surface area (Å²) in [5.41, 5.74) is 5.20. The maximum Gasteiger partial charge on any atom is 0.255 e. The Morgan fingerprint density at radius 1 is 1.14 bits per heavy atom. The minimum absolute atomic E-state index is 0.112. The molecule has 1 saturated carbocycles. The number of carbonyl (C=O) groups is 1. The highest BCUT2D eigenvalue weighted by Crippen LogP contribution is 2.44. The lowest BCUT2D eigenvalue weighted by Gasteiger charge is -2.32. The summed E-state index contributed by atoms with van der Waals surface area (Å²) in [7, 11) is 0. The van der Waals surface area contributed by atoms with E-state index < -0.39 is 0 Å². The molecule has 0 aliphatic heterocycles. The fraction of sp³-hybridized carbons (Fsp3) is 0.371. The van der Waals surface area contributed by atoms with Crippen LogP contribution in [-0.4, -0.2) is 33.3 Å². The second-order valence-electron chi connectivity index (χ2n) is 11.7. The number of rotatable bonds is 10. The predicted octanol–water partition coefficient (Wildman–Crippen LogP) is 8.72. The standard InChI is InChI=1S/C35H38Cl2N4O2/c1-2-29(22-43-21-23-7-4-3-5-8-23)40-35(42)30-20-39-41(33-14-12-28(36)19-31(33)37)34(30)27-10-6-9-24(18-27)25-11-13-32-26(17-25)15-16-38-32/h3-5,7-8,11-13,15-17,19-20,24,27,29,33,38H,2,6,9-10,14,18,21-22H2,1H3,(H,40,42)/t24?,27?,29-,33?/m1/s1. The lowest BCUT2D eigenvalue weighted by atomic mass is 9.75. The molecule has 2 N–H and O–H groups in total. The Kier molecular flexibility index (Phi) is 9.37. The van der Waals surface area contributed by atoms with Crippen LogP contribution >= 0.6 is 23.2 Å². The number of nitrogens with zero attached hydrogens (tertiary/aromatic N) is 2. The normalized spacial score (nSPS) is 21.3. The number of allylic oxidation sites excluding steroid dienone is 4. The molecule has 6 rings (SSSR count). The molecule has 43 heavy (non-hydrogen) atoms. The zero-order chi connectivity index (χ0) is 29.8. The van der Waals surface area contributed by atoms with E-state index in [-0.39, 0.29) is 23.9 Å². The fourth-order valence-corrected chi connectivity index (χ4v) is 7.09. The highest BCUT2D eigenvalue weighted by Gasteiger charge is 2.34. The Hall–Kier alpha value is -3.32. The van der Waals surface area contributed by atoms with Gasteiger partial charge >= 0.3 is 0 Å². The van der Waals surface area contributed by atoms with Crippen molar-refractivity contribution in [1.82, 2.24) is 20.1 Å². The first-order chi connectivity index (χ1) is 21.0. The monoisotopic (exact) mass is 616 g/mol. The van der Waals surface area contributed by atoms with E-state index in [0.717, 1.165) is 48.9 Å². The zero-order valence-electron chi connectivity index (χ0n) is 24.4. The number of amides is 1. The lowest BCUT2D eigenvalue weighted by molar-refractivity contribution is 0.0790. The molecule has 0 spiro atoms. The number of aromatic nitrogens is 3. The number of benzene rings is 2. The molecule has 2 aliphatic rings. The van der Waals surface area contributed by atoms with E-state index in [1.54, 1.807) is 12.3 Å². The molecule has 0 radical (unpaired) electrons. The van der Waals surface area contributed by atoms with E-state index in [1.165, 1.54) is 10.9 Å². The summed E-state index contributed by atoms with van der Waals surface area (Å²) >= 11 is 13.0. The quantitative estimate of drug-likeness (QED) is 0.187. The van der Waals surface area contributed by atoms with Crippen molar-refractivity contribution in [3.05, 3.63) is 112 Å². The van der Waals surface area contributed by atoms with Gasteiger partial charge in [-0.2, -0.15) is 5.10 Å². The second-order valence-corrected chi connectivity index (χ2v) is 12.6. The van der Waals surface area contributed by atoms with Gasteiger partial charge in [-0.05, 0) is 78.8 Å². The van der Waals surface area contributed by atoms with E-state index in [2.05, 4.69) is 41.5 Å². The van der Waals surface area contributed by atoms with E-state index >= 15 is 0 Å². The molecule has 2 aromatic carbocycles. The maximum atomic E-state index is 13.9. The Labute approximate surface area is 263 Å². The Balaban J connectivity index is 1.25. The third kappa shape index (κ3) is 6.77. The molecule has 2 aliphatic carbocycles. The highest BCUT2D eigenvalue weighted by molar-refractivity contribution is 6.35. The van der Waals surface area contributed by atoms with Crippen LogP contribution in [-0.2, 0) is 11.3 Å². The van der Waals surface area contributed by atoms with Crippen LogP contribution in [0.3, 0.4) is 0 Å². The largest absolute Gasteiger partial charge is 0.375 e. The Morgan fingerprint density at radius 2 is 1.98 bits per heavy atom. The molecular formula is C35H38Cl2N4O2. The Morgan fingerprint density at radius 3 is 2.79 bits per heavy atom. The lowest BCUT2D eigenvalue weighted by Crippen LogP contribution is -2.38. The summed E-state index contributed by atoms with van der Waals surface area (Å²) in [4.78, 5) is 17.2. The van der Waals surface area contributed by atoms with E-state index in [1.807, 2.05) is 47.3 Å². The first-order valence-electron chi connectivity index (χ1n) is 15.3. The molecule has 4 atom stereocenters. The summed E-state index contributed by atoms with van der Waals surface area (Å²) in [5.74, 6) is 0.458. The molecule has 0 bridgehead atoms. The number of ether oxygens (including phenoxy) is 1. The van der Waals surface area contributed by atoms with Gasteiger partial charge in [-0.3, -0.25) is 9.48 Å². The topological polar surface area (TPSA) is 71.9 Å². The van der Waals surface area contributed by atoms with Gasteiger partial charge in [0.2, 0.25) is 0 Å². The van der Waals surface area contributed by atoms with Crippen LogP contribution in [0.25, 0.3) is 10.9 Å². The molecular weight excluding hydrogens is 579 g/mol. The molecule has 224 valence electrons. The summed E-state index contributed by atoms with van der Waals surface area (Å²) in [6.45, 7) is 3.02. The molecule has 1 amide bonds. The van der Waals surface area contributed by atoms with Crippen LogP contribution in [0.1, 0.15) is 90.5 Å².